The minimum Gasteiger partial charge on any atom is -0.507 e. The number of halogens is 1. The van der Waals surface area contributed by atoms with Gasteiger partial charge in [-0.3, -0.25) is 9.59 Å². The fraction of sp³-hybridized carbons (Fsp3) is 0.360. The summed E-state index contributed by atoms with van der Waals surface area (Å²) in [7, 11) is 3.08. The summed E-state index contributed by atoms with van der Waals surface area (Å²) in [4.78, 5) is 27.4. The number of rotatable bonds is 6. The zero-order valence-electron chi connectivity index (χ0n) is 18.9. The molecule has 1 saturated heterocycles. The van der Waals surface area contributed by atoms with E-state index in [1.54, 1.807) is 32.4 Å². The second kappa shape index (κ2) is 9.46. The van der Waals surface area contributed by atoms with Crippen LogP contribution >= 0.6 is 15.9 Å². The lowest BCUT2D eigenvalue weighted by molar-refractivity contribution is -0.140. The molecular formula is C25H28BrNO5. The zero-order chi connectivity index (χ0) is 23.6. The van der Waals surface area contributed by atoms with Crippen LogP contribution in [0.15, 0.2) is 52.5 Å². The number of likely N-dealkylation sites (tertiary alicyclic amines) is 1. The Balaban J connectivity index is 2.15. The second-order valence-electron chi connectivity index (χ2n) is 8.71. The first kappa shape index (κ1) is 24.0. The van der Waals surface area contributed by atoms with Gasteiger partial charge in [-0.2, -0.15) is 0 Å². The topological polar surface area (TPSA) is 76.1 Å². The van der Waals surface area contributed by atoms with Crippen LogP contribution in [-0.4, -0.2) is 49.1 Å². The maximum Gasteiger partial charge on any atom is 0.295 e. The minimum absolute atomic E-state index is 0.0360. The number of ketones is 1. The molecule has 1 N–H and O–H groups in total. The highest BCUT2D eigenvalue weighted by Gasteiger charge is 2.45. The van der Waals surface area contributed by atoms with Gasteiger partial charge < -0.3 is 19.5 Å². The van der Waals surface area contributed by atoms with Gasteiger partial charge in [0.25, 0.3) is 11.7 Å². The monoisotopic (exact) mass is 501 g/mol. The van der Waals surface area contributed by atoms with Crippen molar-refractivity contribution in [2.75, 3.05) is 27.4 Å². The third-order valence-corrected chi connectivity index (χ3v) is 6.21. The van der Waals surface area contributed by atoms with Crippen LogP contribution in [0.5, 0.6) is 5.75 Å². The molecule has 0 saturated carbocycles. The fourth-order valence-electron chi connectivity index (χ4n) is 3.78. The van der Waals surface area contributed by atoms with Gasteiger partial charge in [-0.05, 0) is 50.7 Å². The molecule has 0 aliphatic carbocycles. The summed E-state index contributed by atoms with van der Waals surface area (Å²) in [6.45, 7) is 6.87. The lowest BCUT2D eigenvalue weighted by Crippen LogP contribution is -2.32. The Morgan fingerprint density at radius 3 is 2.28 bits per heavy atom. The number of aliphatic hydroxyl groups excluding tert-OH is 1. The summed E-state index contributed by atoms with van der Waals surface area (Å²) in [5, 5.41) is 11.1. The molecule has 1 amide bonds. The van der Waals surface area contributed by atoms with Crippen LogP contribution in [0.4, 0.5) is 0 Å². The molecule has 6 nitrogen and oxygen atoms in total. The molecule has 1 atom stereocenters. The third kappa shape index (κ3) is 4.59. The van der Waals surface area contributed by atoms with Crippen LogP contribution < -0.4 is 4.74 Å². The van der Waals surface area contributed by atoms with E-state index >= 15 is 0 Å². The molecule has 1 fully saturated rings. The summed E-state index contributed by atoms with van der Waals surface area (Å²) >= 11 is 3.41. The Kier molecular flexibility index (Phi) is 7.10. The molecule has 1 aliphatic rings. The Morgan fingerprint density at radius 2 is 1.75 bits per heavy atom. The maximum absolute atomic E-state index is 13.0. The smallest absolute Gasteiger partial charge is 0.295 e. The normalized spacial score (nSPS) is 18.3. The number of hydrogen-bond donors (Lipinski definition) is 1. The van der Waals surface area contributed by atoms with E-state index in [2.05, 4.69) is 36.7 Å². The van der Waals surface area contributed by atoms with Crippen LogP contribution in [0.1, 0.15) is 43.5 Å². The van der Waals surface area contributed by atoms with E-state index in [1.165, 1.54) is 4.90 Å². The van der Waals surface area contributed by atoms with Crippen molar-refractivity contribution in [2.45, 2.75) is 32.2 Å². The van der Waals surface area contributed by atoms with Crippen molar-refractivity contribution in [3.63, 3.8) is 0 Å². The van der Waals surface area contributed by atoms with Crippen molar-refractivity contribution in [2.24, 2.45) is 0 Å². The number of nitrogens with zero attached hydrogens (tertiary/aromatic N) is 1. The lowest BCUT2D eigenvalue weighted by Gasteiger charge is -2.26. The minimum atomic E-state index is -0.713. The number of aliphatic hydroxyl groups is 1. The number of Topliss-reactive ketones (excluding diaryl/α,β-unsaturated/α-hetero) is 1. The number of methoxy groups -OCH3 is 2. The first-order chi connectivity index (χ1) is 15.1. The molecule has 7 heteroatoms. The molecule has 170 valence electrons. The van der Waals surface area contributed by atoms with Crippen molar-refractivity contribution in [3.8, 4) is 5.75 Å². The van der Waals surface area contributed by atoms with Crippen molar-refractivity contribution in [1.82, 2.24) is 4.90 Å². The van der Waals surface area contributed by atoms with Gasteiger partial charge in [0.15, 0.2) is 0 Å². The molecule has 1 unspecified atom stereocenters. The predicted molar refractivity (Wildman–Crippen MR) is 127 cm³/mol. The van der Waals surface area contributed by atoms with Gasteiger partial charge >= 0.3 is 0 Å². The SMILES string of the molecule is COCCN1C(=O)C(=O)/C(=C(\O)c2ccc(OC)c(Br)c2)C1c1ccc(C(C)(C)C)cc1. The first-order valence-corrected chi connectivity index (χ1v) is 11.1. The van der Waals surface area contributed by atoms with E-state index in [0.717, 1.165) is 11.1 Å². The fourth-order valence-corrected chi connectivity index (χ4v) is 4.32. The van der Waals surface area contributed by atoms with Gasteiger partial charge in [-0.15, -0.1) is 0 Å². The van der Waals surface area contributed by atoms with Crippen LogP contribution in [0.2, 0.25) is 0 Å². The number of benzene rings is 2. The van der Waals surface area contributed by atoms with Gasteiger partial charge in [-0.1, -0.05) is 45.0 Å². The van der Waals surface area contributed by atoms with Crippen LogP contribution in [0.3, 0.4) is 0 Å². The van der Waals surface area contributed by atoms with E-state index in [-0.39, 0.29) is 29.9 Å². The summed E-state index contributed by atoms with van der Waals surface area (Å²) in [5.41, 5.74) is 2.33. The molecule has 2 aromatic carbocycles. The second-order valence-corrected chi connectivity index (χ2v) is 9.56. The number of amides is 1. The van der Waals surface area contributed by atoms with Crippen LogP contribution in [-0.2, 0) is 19.7 Å². The number of ether oxygens (including phenoxy) is 2. The highest BCUT2D eigenvalue weighted by molar-refractivity contribution is 9.10. The van der Waals surface area contributed by atoms with Gasteiger partial charge in [0.05, 0.1) is 29.8 Å². The van der Waals surface area contributed by atoms with Crippen LogP contribution in [0, 0.1) is 0 Å². The lowest BCUT2D eigenvalue weighted by atomic mass is 9.85. The Labute approximate surface area is 197 Å². The maximum atomic E-state index is 13.0. The van der Waals surface area contributed by atoms with Crippen molar-refractivity contribution in [1.29, 1.82) is 0 Å². The first-order valence-electron chi connectivity index (χ1n) is 10.3. The van der Waals surface area contributed by atoms with Crippen molar-refractivity contribution >= 4 is 33.4 Å². The highest BCUT2D eigenvalue weighted by atomic mass is 79.9. The van der Waals surface area contributed by atoms with E-state index in [4.69, 9.17) is 9.47 Å². The summed E-state index contributed by atoms with van der Waals surface area (Å²) in [5.74, 6) is -0.996. The van der Waals surface area contributed by atoms with Crippen molar-refractivity contribution < 1.29 is 24.2 Å². The third-order valence-electron chi connectivity index (χ3n) is 5.59. The zero-order valence-corrected chi connectivity index (χ0v) is 20.5. The summed E-state index contributed by atoms with van der Waals surface area (Å²) < 4.78 is 11.0. The van der Waals surface area contributed by atoms with E-state index in [1.807, 2.05) is 24.3 Å². The molecular weight excluding hydrogens is 474 g/mol. The van der Waals surface area contributed by atoms with Gasteiger partial charge in [0.1, 0.15) is 11.5 Å². The molecule has 0 spiro atoms. The Hall–Kier alpha value is -2.64. The van der Waals surface area contributed by atoms with Gasteiger partial charge in [0.2, 0.25) is 0 Å². The van der Waals surface area contributed by atoms with E-state index in [0.29, 0.717) is 15.8 Å². The molecule has 32 heavy (non-hydrogen) atoms. The molecule has 1 heterocycles. The summed E-state index contributed by atoms with van der Waals surface area (Å²) in [6.07, 6.45) is 0. The average molecular weight is 502 g/mol. The van der Waals surface area contributed by atoms with E-state index in [9.17, 15) is 14.7 Å². The number of hydrogen-bond acceptors (Lipinski definition) is 5. The van der Waals surface area contributed by atoms with Gasteiger partial charge in [0, 0.05) is 19.2 Å². The van der Waals surface area contributed by atoms with Crippen molar-refractivity contribution in [3.05, 3.63) is 69.2 Å². The largest absolute Gasteiger partial charge is 0.507 e. The highest BCUT2D eigenvalue weighted by Crippen LogP contribution is 2.40. The Morgan fingerprint density at radius 1 is 1.09 bits per heavy atom. The Bertz CT molecular complexity index is 1050. The number of carbonyl (C=O) groups is 2. The standard InChI is InChI=1S/C25H28BrNO5/c1-25(2,3)17-9-6-15(7-10-17)21-20(23(29)24(30)27(21)12-13-31-4)22(28)16-8-11-19(32-5)18(26)14-16/h6-11,14,21,28H,12-13H2,1-5H3/b22-20-. The molecule has 0 aromatic heterocycles. The average Bonchev–Trinajstić information content (AvgIpc) is 3.01. The van der Waals surface area contributed by atoms with Crippen LogP contribution in [0.25, 0.3) is 5.76 Å². The molecule has 0 bridgehead atoms. The summed E-state index contributed by atoms with van der Waals surface area (Å²) in [6, 6.07) is 12.1. The molecule has 1 aliphatic heterocycles. The number of carbonyl (C=O) groups excluding carboxylic acids is 2. The molecule has 2 aromatic rings. The van der Waals surface area contributed by atoms with E-state index < -0.39 is 17.7 Å². The quantitative estimate of drug-likeness (QED) is 0.348. The molecule has 0 radical (unpaired) electrons. The predicted octanol–water partition coefficient (Wildman–Crippen LogP) is 4.82. The molecule has 3 rings (SSSR count). The van der Waals surface area contributed by atoms with Gasteiger partial charge in [-0.25, -0.2) is 0 Å².